The summed E-state index contributed by atoms with van der Waals surface area (Å²) < 4.78 is 2.69. The first-order valence-corrected chi connectivity index (χ1v) is 25.9. The van der Waals surface area contributed by atoms with Gasteiger partial charge in [-0.05, 0) is 113 Å². The van der Waals surface area contributed by atoms with Crippen molar-refractivity contribution < 1.29 is 0 Å². The average molecular weight is 824 g/mol. The van der Waals surface area contributed by atoms with Crippen LogP contribution in [-0.2, 0) is 16.2 Å². The highest BCUT2D eigenvalue weighted by atomic mass is 28.2. The SMILES string of the molecule is C=[Si](C)c1cc2c3c(c1)C1(c4ccccc4)CCCCC1(C)N3c1cc(N3c4ccc(C(C)(C)C)cc4C4(C)CCCCC34C)cc3c1B2c1cccc2c4ccccc4n-3c12. The number of hydrogen-bond donors (Lipinski definition) is 0. The molecule has 1 aromatic heterocycles. The van der Waals surface area contributed by atoms with Crippen molar-refractivity contribution in [2.24, 2.45) is 0 Å². The van der Waals surface area contributed by atoms with Gasteiger partial charge in [-0.25, -0.2) is 0 Å². The van der Waals surface area contributed by atoms with Crippen LogP contribution in [0.5, 0.6) is 0 Å². The quantitative estimate of drug-likeness (QED) is 0.165. The minimum atomic E-state index is -1.02. The van der Waals surface area contributed by atoms with Gasteiger partial charge in [0.2, 0.25) is 0 Å². The molecule has 2 aliphatic carbocycles. The van der Waals surface area contributed by atoms with E-state index in [0.29, 0.717) is 0 Å². The first-order valence-electron chi connectivity index (χ1n) is 23.7. The normalized spacial score (nSPS) is 26.3. The van der Waals surface area contributed by atoms with Crippen LogP contribution >= 0.6 is 0 Å². The number of benzene rings is 6. The van der Waals surface area contributed by atoms with Gasteiger partial charge in [0, 0.05) is 64.0 Å². The Labute approximate surface area is 370 Å². The second-order valence-corrected chi connectivity index (χ2v) is 24.0. The van der Waals surface area contributed by atoms with E-state index < -0.39 is 8.41 Å². The molecular formula is C57H58BN3Si. The van der Waals surface area contributed by atoms with E-state index in [4.69, 9.17) is 6.17 Å². The van der Waals surface area contributed by atoms with E-state index in [2.05, 4.69) is 178 Å². The van der Waals surface area contributed by atoms with E-state index in [0.717, 1.165) is 12.8 Å². The highest BCUT2D eigenvalue weighted by molar-refractivity contribution is 7.00. The third-order valence-electron chi connectivity index (χ3n) is 17.9. The number of para-hydroxylation sites is 2. The molecule has 0 amide bonds. The molecule has 62 heavy (non-hydrogen) atoms. The third-order valence-corrected chi connectivity index (χ3v) is 19.2. The fourth-order valence-corrected chi connectivity index (χ4v) is 15.5. The number of nitrogens with zero attached hydrogens (tertiary/aromatic N) is 3. The Morgan fingerprint density at radius 3 is 2.13 bits per heavy atom. The third kappa shape index (κ3) is 4.28. The van der Waals surface area contributed by atoms with Crippen LogP contribution in [0.1, 0.15) is 115 Å². The maximum Gasteiger partial charge on any atom is 0.252 e. The van der Waals surface area contributed by atoms with Crippen LogP contribution in [-0.4, -0.2) is 36.9 Å². The lowest BCUT2D eigenvalue weighted by atomic mass is 9.33. The Hall–Kier alpha value is -5.13. The van der Waals surface area contributed by atoms with E-state index in [-0.39, 0.29) is 34.0 Å². The number of anilines is 4. The Bertz CT molecular complexity index is 3140. The van der Waals surface area contributed by atoms with Gasteiger partial charge in [-0.2, -0.15) is 0 Å². The van der Waals surface area contributed by atoms with Crippen molar-refractivity contribution in [2.45, 2.75) is 127 Å². The molecule has 308 valence electrons. The van der Waals surface area contributed by atoms with Gasteiger partial charge in [-0.3, -0.25) is 0 Å². The van der Waals surface area contributed by atoms with Crippen LogP contribution in [0.4, 0.5) is 22.7 Å². The lowest BCUT2D eigenvalue weighted by Gasteiger charge is -2.54. The van der Waals surface area contributed by atoms with E-state index in [9.17, 15) is 0 Å². The second kappa shape index (κ2) is 12.1. The molecule has 2 fully saturated rings. The molecule has 5 heterocycles. The first-order chi connectivity index (χ1) is 29.8. The van der Waals surface area contributed by atoms with E-state index in [1.165, 1.54) is 121 Å². The summed E-state index contributed by atoms with van der Waals surface area (Å²) in [5.41, 5.74) is 19.9. The summed E-state index contributed by atoms with van der Waals surface area (Å²) in [5, 5.41) is 4.16. The molecule has 2 saturated carbocycles. The van der Waals surface area contributed by atoms with Gasteiger partial charge in [-0.15, -0.1) is 6.17 Å². The highest BCUT2D eigenvalue weighted by Gasteiger charge is 2.65. The number of rotatable bonds is 3. The maximum absolute atomic E-state index is 4.81. The molecule has 0 radical (unpaired) electrons. The first kappa shape index (κ1) is 37.4. The van der Waals surface area contributed by atoms with Crippen LogP contribution in [0, 0.1) is 0 Å². The van der Waals surface area contributed by atoms with Crippen molar-refractivity contribution in [3.05, 3.63) is 138 Å². The Kier molecular flexibility index (Phi) is 7.31. The molecule has 0 spiro atoms. The topological polar surface area (TPSA) is 11.4 Å². The van der Waals surface area contributed by atoms with Crippen LogP contribution < -0.4 is 31.4 Å². The van der Waals surface area contributed by atoms with Crippen molar-refractivity contribution in [2.75, 3.05) is 9.80 Å². The molecule has 13 rings (SSSR count). The molecule has 4 atom stereocenters. The standard InChI is InChI=1S/C57H58BN3Si/c1-53(2,3)37-25-26-47-42(31-37)54(4)27-14-15-28-55(54,5)60(47)38-32-48-50-49(33-38)61-52-43(57(36-19-10-9-11-20-36)30-17-16-29-56(57,61)6)34-39(62(7)8)35-45(52)58(50)44-23-18-22-41-40-21-12-13-24-46(40)59(48)51(41)44/h9-13,18-26,31-35H,7,14-17,27-30H2,1-6,8H3. The molecule has 0 N–H and O–H groups in total. The summed E-state index contributed by atoms with van der Waals surface area (Å²) in [7, 11) is -1.02. The number of hydrogen-bond acceptors (Lipinski definition) is 2. The summed E-state index contributed by atoms with van der Waals surface area (Å²) >= 11 is 0. The second-order valence-electron chi connectivity index (χ2n) is 21.9. The van der Waals surface area contributed by atoms with Crippen LogP contribution in [0.15, 0.2) is 115 Å². The number of aromatic nitrogens is 1. The minimum Gasteiger partial charge on any atom is -0.335 e. The van der Waals surface area contributed by atoms with Gasteiger partial charge in [0.1, 0.15) is 0 Å². The van der Waals surface area contributed by atoms with Crippen LogP contribution in [0.3, 0.4) is 0 Å². The van der Waals surface area contributed by atoms with E-state index >= 15 is 0 Å². The summed E-state index contributed by atoms with van der Waals surface area (Å²) in [5.74, 6) is 0. The van der Waals surface area contributed by atoms with Crippen molar-refractivity contribution in [3.63, 3.8) is 0 Å². The Morgan fingerprint density at radius 2 is 1.34 bits per heavy atom. The molecule has 6 aliphatic rings. The van der Waals surface area contributed by atoms with Gasteiger partial charge < -0.3 is 14.4 Å². The molecule has 5 heteroatoms. The van der Waals surface area contributed by atoms with Gasteiger partial charge >= 0.3 is 0 Å². The minimum absolute atomic E-state index is 0.0346. The Balaban J connectivity index is 1.19. The molecule has 4 unspecified atom stereocenters. The predicted octanol–water partition coefficient (Wildman–Crippen LogP) is 11.1. The van der Waals surface area contributed by atoms with Crippen molar-refractivity contribution in [1.29, 1.82) is 0 Å². The molecular weight excluding hydrogens is 766 g/mol. The average Bonchev–Trinajstić information content (AvgIpc) is 3.81. The summed E-state index contributed by atoms with van der Waals surface area (Å²) in [6, 6.07) is 46.3. The fraction of sp³-hybridized carbons (Fsp3) is 0.351. The highest BCUT2D eigenvalue weighted by Crippen LogP contribution is 2.66. The molecule has 7 aromatic rings. The lowest BCUT2D eigenvalue weighted by Crippen LogP contribution is -2.64. The summed E-state index contributed by atoms with van der Waals surface area (Å²) in [4.78, 5) is 5.82. The zero-order valence-corrected chi connectivity index (χ0v) is 38.8. The monoisotopic (exact) mass is 823 g/mol. The van der Waals surface area contributed by atoms with Crippen molar-refractivity contribution in [1.82, 2.24) is 4.57 Å². The Morgan fingerprint density at radius 1 is 0.629 bits per heavy atom. The zero-order chi connectivity index (χ0) is 42.3. The smallest absolute Gasteiger partial charge is 0.252 e. The van der Waals surface area contributed by atoms with Gasteiger partial charge in [-0.1, -0.05) is 151 Å². The van der Waals surface area contributed by atoms with E-state index in [1.54, 1.807) is 11.1 Å². The molecule has 0 bridgehead atoms. The largest absolute Gasteiger partial charge is 0.335 e. The van der Waals surface area contributed by atoms with Crippen molar-refractivity contribution in [3.8, 4) is 5.69 Å². The van der Waals surface area contributed by atoms with Gasteiger partial charge in [0.25, 0.3) is 6.71 Å². The summed E-state index contributed by atoms with van der Waals surface area (Å²) in [6.45, 7) is 17.5. The fourth-order valence-electron chi connectivity index (χ4n) is 14.8. The van der Waals surface area contributed by atoms with E-state index in [1.807, 2.05) is 0 Å². The van der Waals surface area contributed by atoms with Crippen molar-refractivity contribution >= 4 is 87.4 Å². The number of fused-ring (bicyclic) bond motifs is 13. The lowest BCUT2D eigenvalue weighted by molar-refractivity contribution is 0.194. The molecule has 0 saturated heterocycles. The van der Waals surface area contributed by atoms with Crippen LogP contribution in [0.2, 0.25) is 6.55 Å². The van der Waals surface area contributed by atoms with Gasteiger partial charge in [0.05, 0.1) is 16.6 Å². The predicted molar refractivity (Wildman–Crippen MR) is 268 cm³/mol. The maximum atomic E-state index is 4.81. The van der Waals surface area contributed by atoms with Gasteiger partial charge in [0.15, 0.2) is 0 Å². The summed E-state index contributed by atoms with van der Waals surface area (Å²) in [6.07, 6.45) is 14.5. The molecule has 3 nitrogen and oxygen atoms in total. The van der Waals surface area contributed by atoms with Crippen LogP contribution in [0.25, 0.3) is 27.5 Å². The zero-order valence-electron chi connectivity index (χ0n) is 37.8. The molecule has 4 aliphatic heterocycles. The molecule has 6 aromatic carbocycles.